The van der Waals surface area contributed by atoms with Crippen LogP contribution < -0.4 is 0 Å². The van der Waals surface area contributed by atoms with Gasteiger partial charge >= 0.3 is 201 Å². The first kappa shape index (κ1) is 145. The Morgan fingerprint density at radius 2 is 0.398 bits per heavy atom. The van der Waals surface area contributed by atoms with Gasteiger partial charge in [-0.15, -0.1) is 0 Å². The van der Waals surface area contributed by atoms with Crippen molar-refractivity contribution in [2.24, 2.45) is 0 Å². The number of hydrogen-bond donors (Lipinski definition) is 13. The van der Waals surface area contributed by atoms with Crippen molar-refractivity contribution in [3.8, 4) is 0 Å². The second-order valence-electron chi connectivity index (χ2n) is 20.8. The first-order valence-corrected chi connectivity index (χ1v) is 62.9. The molecule has 56 heteroatoms. The van der Waals surface area contributed by atoms with E-state index in [0.29, 0.717) is 49.4 Å². The molecule has 0 bridgehead atoms. The van der Waals surface area contributed by atoms with Crippen molar-refractivity contribution in [3.05, 3.63) is 0 Å². The van der Waals surface area contributed by atoms with Crippen LogP contribution in [0, 0.1) is 0 Å². The van der Waals surface area contributed by atoms with Crippen LogP contribution in [0.1, 0.15) is 64.2 Å². The molecule has 0 aliphatic heterocycles. The third-order valence-corrected chi connectivity index (χ3v) is 41.0. The van der Waals surface area contributed by atoms with Crippen LogP contribution >= 0.6 is 121 Å². The topological polar surface area (TPSA) is 376 Å². The molecule has 0 aromatic rings. The van der Waals surface area contributed by atoms with E-state index in [2.05, 4.69) is 89.3 Å². The molecule has 0 rings (SSSR count). The molecule has 6 radical (unpaired) electrons. The second-order valence-corrected chi connectivity index (χ2v) is 55.1. The summed E-state index contributed by atoms with van der Waals surface area (Å²) < 4.78 is 107. The summed E-state index contributed by atoms with van der Waals surface area (Å²) in [6.07, 6.45) is 19.9. The van der Waals surface area contributed by atoms with E-state index in [1.54, 1.807) is 130 Å². The van der Waals surface area contributed by atoms with E-state index >= 15 is 0 Å². The molecule has 0 heterocycles. The fourth-order valence-corrected chi connectivity index (χ4v) is 28.6. The van der Waals surface area contributed by atoms with Crippen LogP contribution in [0.3, 0.4) is 0 Å². The van der Waals surface area contributed by atoms with Crippen molar-refractivity contribution >= 4 is 322 Å². The maximum absolute atomic E-state index is 10.4. The van der Waals surface area contributed by atoms with Gasteiger partial charge in [-0.3, -0.25) is 0 Å². The SMILES string of the molecule is CO[Si](CCCS)(OC)OC.CO[Si](CCCSC)(OC)OC.CO[Si](CCCSC)(OC)OC.CO[Si](CCCSC)(OC)OC.CO[Si](CCCSC)(OC)OC.CSCCC[Si](O)(O)OCO[Si](O)(CCCS)OO[Si](O)(O)CCCS.CSCCC[Si](O)(O)OO[Si](O)(O)CCCS.[AsH2].[AsH2].[AsH2].[GaH2].[GaH2].[GaH2]. The van der Waals surface area contributed by atoms with Crippen LogP contribution in [-0.4, -0.2) is 453 Å². The van der Waals surface area contributed by atoms with Crippen LogP contribution in [0.2, 0.25) is 60.4 Å². The van der Waals surface area contributed by atoms with Gasteiger partial charge < -0.3 is 118 Å². The third-order valence-electron chi connectivity index (χ3n) is 13.5. The molecule has 0 saturated heterocycles. The van der Waals surface area contributed by atoms with Crippen molar-refractivity contribution in [1.29, 1.82) is 0 Å². The Morgan fingerprint density at radius 3 is 0.602 bits per heavy atom. The normalized spacial score (nSPS) is 12.3. The van der Waals surface area contributed by atoms with Gasteiger partial charge in [-0.1, -0.05) is 0 Å². The van der Waals surface area contributed by atoms with Gasteiger partial charge in [-0.25, -0.2) is 18.3 Å². The molecule has 0 amide bonds. The summed E-state index contributed by atoms with van der Waals surface area (Å²) in [6.45, 7) is -0.598. The molecular weight excluding hydrogens is 2140 g/mol. The summed E-state index contributed by atoms with van der Waals surface area (Å²) in [4.78, 5) is 87.3. The Bertz CT molecular complexity index is 1640. The van der Waals surface area contributed by atoms with E-state index in [9.17, 15) is 43.2 Å². The first-order chi connectivity index (χ1) is 48.1. The zero-order valence-corrected chi connectivity index (χ0v) is 108. The molecule has 0 aromatic heterocycles. The van der Waals surface area contributed by atoms with Crippen molar-refractivity contribution in [3.63, 3.8) is 0 Å². The zero-order chi connectivity index (χ0) is 80.0. The Hall–Kier alpha value is 8.05. The minimum absolute atomic E-state index is 0. The zero-order valence-electron chi connectivity index (χ0n) is 69.5. The quantitative estimate of drug-likeness (QED) is 0.0104. The fourth-order valence-electron chi connectivity index (χ4n) is 7.44. The van der Waals surface area contributed by atoms with E-state index in [0.717, 1.165) is 103 Å². The standard InChI is InChI=1S/C11H30O9S3Si3.C7H20O6S2Si2.4C7H18O3SSi.C6H16O3SSi.3AsH2.3Ga.6H/c1-23-7-4-9-24(12,13)17-11-18-26(16,10-3-6-22)20-19-25(14,15)8-2-5-21;1-15-5-3-7-17(10,11)13-12-16(8,9)6-2-4-14;4*1-8-12(9-2,10-3)7-5-6-11-4;1-7-11(8-2,9-3)6-4-5-10;;;;;;;;;;;;/h12-16,21-22H,2-11H2,1H3;8-11,14H,2-7H2,1H3;4*5-7H2,1-4H3;10H,4-6H2,1-3H3;3*1H2;;;;;;;;;. The average Bonchev–Trinajstić information content (AvgIpc) is 0.880. The predicted molar refractivity (Wildman–Crippen MR) is 505 cm³/mol. The fraction of sp³-hybridized carbons (Fsp3) is 1.00. The van der Waals surface area contributed by atoms with Crippen LogP contribution in [0.5, 0.6) is 0 Å². The molecule has 0 aliphatic rings. The van der Waals surface area contributed by atoms with Crippen LogP contribution in [0.15, 0.2) is 0 Å². The Kier molecular flexibility index (Phi) is 126. The molecule has 662 valence electrons. The molecule has 0 spiro atoms. The van der Waals surface area contributed by atoms with E-state index in [-0.39, 0.29) is 143 Å². The van der Waals surface area contributed by atoms with Gasteiger partial charge in [-0.05, 0) is 159 Å². The molecule has 30 nitrogen and oxygen atoms in total. The maximum atomic E-state index is 10.4. The van der Waals surface area contributed by atoms with Crippen LogP contribution in [0.25, 0.3) is 0 Å². The molecule has 1 atom stereocenters. The van der Waals surface area contributed by atoms with E-state index in [4.69, 9.17) is 79.8 Å². The number of thiol groups is 4. The number of hydrogen-bond acceptors (Lipinski definition) is 40. The predicted octanol–water partition coefficient (Wildman–Crippen LogP) is 2.11. The summed E-state index contributed by atoms with van der Waals surface area (Å²) in [7, 11) is -6.50. The molecule has 0 saturated carbocycles. The van der Waals surface area contributed by atoms with Crippen molar-refractivity contribution in [2.45, 2.75) is 125 Å². The van der Waals surface area contributed by atoms with Gasteiger partial charge in [-0.2, -0.15) is 121 Å². The van der Waals surface area contributed by atoms with Gasteiger partial charge in [0.15, 0.2) is 0 Å². The molecule has 108 heavy (non-hydrogen) atoms. The minimum atomic E-state index is -4.10. The average molecular weight is 2290 g/mol. The molecule has 0 aromatic carbocycles. The Morgan fingerprint density at radius 1 is 0.231 bits per heavy atom. The van der Waals surface area contributed by atoms with Gasteiger partial charge in [0.25, 0.3) is 0 Å². The molecule has 9 N–H and O–H groups in total. The van der Waals surface area contributed by atoms with E-state index < -0.39 is 94.8 Å². The monoisotopic (exact) mass is 2290 g/mol. The van der Waals surface area contributed by atoms with E-state index in [1.165, 1.54) is 0 Å². The Balaban J connectivity index is -0.0000000900. The van der Waals surface area contributed by atoms with Gasteiger partial charge in [0.05, 0.1) is 0 Å². The van der Waals surface area contributed by atoms with Crippen molar-refractivity contribution in [2.75, 3.05) is 209 Å². The summed E-state index contributed by atoms with van der Waals surface area (Å²) in [5, 5.41) is 0. The number of rotatable bonds is 61. The summed E-state index contributed by atoms with van der Waals surface area (Å²) in [6, 6.07) is 4.63. The molecule has 0 fully saturated rings. The number of thioether (sulfide) groups is 6. The Labute approximate surface area is 782 Å². The summed E-state index contributed by atoms with van der Waals surface area (Å²) >= 11 is 26.5. The van der Waals surface area contributed by atoms with Crippen molar-refractivity contribution in [1.82, 2.24) is 0 Å². The molecule has 0 aliphatic carbocycles. The first-order valence-electron chi connectivity index (χ1n) is 32.3. The van der Waals surface area contributed by atoms with Gasteiger partial charge in [0, 0.05) is 167 Å². The molecule has 1 unspecified atom stereocenters. The van der Waals surface area contributed by atoms with Gasteiger partial charge in [0.2, 0.25) is 0 Å². The van der Waals surface area contributed by atoms with Crippen LogP contribution in [0.4, 0.5) is 0 Å². The van der Waals surface area contributed by atoms with Gasteiger partial charge in [0.1, 0.15) is 6.79 Å². The summed E-state index contributed by atoms with van der Waals surface area (Å²) in [5.74, 6) is 8.28. The van der Waals surface area contributed by atoms with E-state index in [1.807, 2.05) is 59.6 Å². The van der Waals surface area contributed by atoms with Crippen molar-refractivity contribution < 1.29 is 137 Å². The molecular formula is C52H150As3Ga3O30S10Si10. The van der Waals surface area contributed by atoms with Crippen LogP contribution in [-0.2, 0) is 93.5 Å². The third kappa shape index (κ3) is 84.9. The second kappa shape index (κ2) is 94.2. The summed E-state index contributed by atoms with van der Waals surface area (Å²) in [5.41, 5.74) is 0.